The van der Waals surface area contributed by atoms with Gasteiger partial charge in [0.1, 0.15) is 11.3 Å². The Labute approximate surface area is 172 Å². The molecule has 3 heteroatoms. The fourth-order valence-corrected chi connectivity index (χ4v) is 3.79. The number of benzene rings is 1. The SMILES string of the molecule is CCCCCCCCCCCCCCCCCCc1ccc(O)c(C(=O)O)c1. The Bertz CT molecular complexity index is 525. The van der Waals surface area contributed by atoms with Crippen LogP contribution >= 0.6 is 0 Å². The third-order valence-electron chi connectivity index (χ3n) is 5.61. The Balaban J connectivity index is 1.88. The molecule has 0 aliphatic heterocycles. The minimum absolute atomic E-state index is 0.00833. The lowest BCUT2D eigenvalue weighted by atomic mass is 10.0. The highest BCUT2D eigenvalue weighted by Crippen LogP contribution is 2.20. The first-order valence-electron chi connectivity index (χ1n) is 11.7. The van der Waals surface area contributed by atoms with Gasteiger partial charge in [0.2, 0.25) is 0 Å². The summed E-state index contributed by atoms with van der Waals surface area (Å²) in [4.78, 5) is 11.0. The van der Waals surface area contributed by atoms with Crippen molar-refractivity contribution in [1.29, 1.82) is 0 Å². The van der Waals surface area contributed by atoms with Crippen LogP contribution in [0.4, 0.5) is 0 Å². The van der Waals surface area contributed by atoms with Gasteiger partial charge >= 0.3 is 5.97 Å². The van der Waals surface area contributed by atoms with Crippen molar-refractivity contribution in [3.8, 4) is 5.75 Å². The first-order chi connectivity index (χ1) is 13.6. The molecule has 0 saturated carbocycles. The Hall–Kier alpha value is -1.51. The van der Waals surface area contributed by atoms with Crippen LogP contribution in [0.15, 0.2) is 18.2 Å². The van der Waals surface area contributed by atoms with Gasteiger partial charge < -0.3 is 10.2 Å². The zero-order chi connectivity index (χ0) is 20.5. The number of unbranched alkanes of at least 4 members (excludes halogenated alkanes) is 15. The van der Waals surface area contributed by atoms with E-state index in [-0.39, 0.29) is 11.3 Å². The highest BCUT2D eigenvalue weighted by atomic mass is 16.4. The molecule has 0 aliphatic carbocycles. The topological polar surface area (TPSA) is 57.5 Å². The van der Waals surface area contributed by atoms with Gasteiger partial charge in [0, 0.05) is 0 Å². The van der Waals surface area contributed by atoms with Crippen LogP contribution in [0.1, 0.15) is 126 Å². The molecule has 0 bridgehead atoms. The molecule has 0 aromatic heterocycles. The number of rotatable bonds is 18. The van der Waals surface area contributed by atoms with E-state index >= 15 is 0 Å². The predicted octanol–water partition coefficient (Wildman–Crippen LogP) is 7.89. The second-order valence-corrected chi connectivity index (χ2v) is 8.21. The van der Waals surface area contributed by atoms with Gasteiger partial charge in [0.25, 0.3) is 0 Å². The van der Waals surface area contributed by atoms with E-state index in [1.807, 2.05) is 6.07 Å². The van der Waals surface area contributed by atoms with E-state index in [1.165, 1.54) is 102 Å². The molecular formula is C25H42O3. The van der Waals surface area contributed by atoms with Gasteiger partial charge in [0.05, 0.1) is 0 Å². The van der Waals surface area contributed by atoms with Crippen molar-refractivity contribution in [3.05, 3.63) is 29.3 Å². The molecule has 0 spiro atoms. The van der Waals surface area contributed by atoms with Crippen molar-refractivity contribution in [3.63, 3.8) is 0 Å². The third kappa shape index (κ3) is 12.0. The highest BCUT2D eigenvalue weighted by molar-refractivity contribution is 5.90. The Kier molecular flexibility index (Phi) is 14.4. The number of aryl methyl sites for hydroxylation is 1. The van der Waals surface area contributed by atoms with Gasteiger partial charge in [-0.15, -0.1) is 0 Å². The van der Waals surface area contributed by atoms with Gasteiger partial charge in [0.15, 0.2) is 0 Å². The van der Waals surface area contributed by atoms with E-state index in [2.05, 4.69) is 6.92 Å². The van der Waals surface area contributed by atoms with E-state index in [0.29, 0.717) is 0 Å². The summed E-state index contributed by atoms with van der Waals surface area (Å²) >= 11 is 0. The maximum absolute atomic E-state index is 11.0. The Morgan fingerprint density at radius 2 is 1.14 bits per heavy atom. The van der Waals surface area contributed by atoms with Gasteiger partial charge in [-0.2, -0.15) is 0 Å². The average molecular weight is 391 g/mol. The van der Waals surface area contributed by atoms with Crippen molar-refractivity contribution in [2.75, 3.05) is 0 Å². The summed E-state index contributed by atoms with van der Waals surface area (Å²) in [6.45, 7) is 2.27. The largest absolute Gasteiger partial charge is 0.507 e. The number of hydrogen-bond acceptors (Lipinski definition) is 2. The predicted molar refractivity (Wildman–Crippen MR) is 118 cm³/mol. The average Bonchev–Trinajstić information content (AvgIpc) is 2.68. The molecule has 0 fully saturated rings. The summed E-state index contributed by atoms with van der Waals surface area (Å²) in [5.74, 6) is -1.21. The molecule has 1 aromatic rings. The van der Waals surface area contributed by atoms with Gasteiger partial charge in [-0.3, -0.25) is 0 Å². The number of carboxylic acid groups (broad SMARTS) is 1. The summed E-state index contributed by atoms with van der Waals surface area (Å²) < 4.78 is 0. The van der Waals surface area contributed by atoms with E-state index in [0.717, 1.165) is 18.4 Å². The standard InChI is InChI=1S/C25H42O3/c1-2-3-4-5-6-7-8-9-10-11-12-13-14-15-16-17-18-22-19-20-24(26)23(21-22)25(27)28/h19-21,26H,2-18H2,1H3,(H,27,28). The first kappa shape index (κ1) is 24.5. The van der Waals surface area contributed by atoms with Crippen molar-refractivity contribution < 1.29 is 15.0 Å². The molecule has 0 unspecified atom stereocenters. The molecule has 0 amide bonds. The van der Waals surface area contributed by atoms with Crippen molar-refractivity contribution in [1.82, 2.24) is 0 Å². The zero-order valence-electron chi connectivity index (χ0n) is 18.1. The molecule has 2 N–H and O–H groups in total. The van der Waals surface area contributed by atoms with Crippen LogP contribution in [-0.4, -0.2) is 16.2 Å². The second-order valence-electron chi connectivity index (χ2n) is 8.21. The number of carboxylic acids is 1. The quantitative estimate of drug-likeness (QED) is 0.250. The van der Waals surface area contributed by atoms with Crippen LogP contribution in [0, 0.1) is 0 Å². The van der Waals surface area contributed by atoms with Crippen LogP contribution < -0.4 is 0 Å². The molecule has 3 nitrogen and oxygen atoms in total. The third-order valence-corrected chi connectivity index (χ3v) is 5.61. The number of carbonyl (C=O) groups is 1. The zero-order valence-corrected chi connectivity index (χ0v) is 18.1. The van der Waals surface area contributed by atoms with Crippen molar-refractivity contribution in [2.45, 2.75) is 116 Å². The van der Waals surface area contributed by atoms with Crippen molar-refractivity contribution >= 4 is 5.97 Å². The van der Waals surface area contributed by atoms with E-state index in [9.17, 15) is 9.90 Å². The van der Waals surface area contributed by atoms with Crippen LogP contribution in [0.2, 0.25) is 0 Å². The summed E-state index contributed by atoms with van der Waals surface area (Å²) in [5.41, 5.74) is 1.01. The molecule has 160 valence electrons. The molecule has 0 atom stereocenters. The normalized spacial score (nSPS) is 11.0. The molecule has 1 rings (SSSR count). The number of aromatic hydroxyl groups is 1. The summed E-state index contributed by atoms with van der Waals surface area (Å²) in [5, 5.41) is 18.6. The van der Waals surface area contributed by atoms with Crippen LogP contribution in [0.5, 0.6) is 5.75 Å². The van der Waals surface area contributed by atoms with E-state index < -0.39 is 5.97 Å². The highest BCUT2D eigenvalue weighted by Gasteiger charge is 2.09. The van der Waals surface area contributed by atoms with E-state index in [1.54, 1.807) is 6.07 Å². The maximum Gasteiger partial charge on any atom is 0.339 e. The van der Waals surface area contributed by atoms with Crippen LogP contribution in [0.25, 0.3) is 0 Å². The summed E-state index contributed by atoms with van der Waals surface area (Å²) in [6, 6.07) is 4.92. The minimum Gasteiger partial charge on any atom is -0.507 e. The lowest BCUT2D eigenvalue weighted by Crippen LogP contribution is -1.98. The minimum atomic E-state index is -1.06. The van der Waals surface area contributed by atoms with Crippen LogP contribution in [-0.2, 0) is 6.42 Å². The summed E-state index contributed by atoms with van der Waals surface area (Å²) in [7, 11) is 0. The molecule has 0 aliphatic rings. The number of phenols is 1. The van der Waals surface area contributed by atoms with Crippen molar-refractivity contribution in [2.24, 2.45) is 0 Å². The fraction of sp³-hybridized carbons (Fsp3) is 0.720. The van der Waals surface area contributed by atoms with Gasteiger partial charge in [-0.25, -0.2) is 4.79 Å². The Morgan fingerprint density at radius 3 is 1.57 bits per heavy atom. The molecule has 0 heterocycles. The molecule has 0 saturated heterocycles. The van der Waals surface area contributed by atoms with Crippen LogP contribution in [0.3, 0.4) is 0 Å². The lowest BCUT2D eigenvalue weighted by Gasteiger charge is -2.05. The smallest absolute Gasteiger partial charge is 0.339 e. The first-order valence-corrected chi connectivity index (χ1v) is 11.7. The fourth-order valence-electron chi connectivity index (χ4n) is 3.79. The molecule has 28 heavy (non-hydrogen) atoms. The number of aromatic carboxylic acids is 1. The monoisotopic (exact) mass is 390 g/mol. The van der Waals surface area contributed by atoms with Gasteiger partial charge in [-0.05, 0) is 30.5 Å². The number of hydrogen-bond donors (Lipinski definition) is 2. The van der Waals surface area contributed by atoms with Gasteiger partial charge in [-0.1, -0.05) is 109 Å². The maximum atomic E-state index is 11.0. The molecule has 1 aromatic carbocycles. The van der Waals surface area contributed by atoms with E-state index in [4.69, 9.17) is 5.11 Å². The second kappa shape index (κ2) is 16.4. The molecule has 0 radical (unpaired) electrons. The lowest BCUT2D eigenvalue weighted by molar-refractivity contribution is 0.0693. The Morgan fingerprint density at radius 1 is 0.714 bits per heavy atom. The molecular weight excluding hydrogens is 348 g/mol. The summed E-state index contributed by atoms with van der Waals surface area (Å²) in [6.07, 6.45) is 22.6.